The van der Waals surface area contributed by atoms with E-state index in [0.29, 0.717) is 13.0 Å². The van der Waals surface area contributed by atoms with Gasteiger partial charge in [0, 0.05) is 26.1 Å². The molecule has 1 unspecified atom stereocenters. The van der Waals surface area contributed by atoms with Crippen molar-refractivity contribution in [3.63, 3.8) is 0 Å². The van der Waals surface area contributed by atoms with Crippen molar-refractivity contribution in [2.45, 2.75) is 56.5 Å². The highest BCUT2D eigenvalue weighted by Gasteiger charge is 2.37. The van der Waals surface area contributed by atoms with Crippen molar-refractivity contribution in [2.75, 3.05) is 13.6 Å². The second-order valence-corrected chi connectivity index (χ2v) is 5.70. The fourth-order valence-corrected chi connectivity index (χ4v) is 2.87. The van der Waals surface area contributed by atoms with Crippen LogP contribution in [0.2, 0.25) is 0 Å². The summed E-state index contributed by atoms with van der Waals surface area (Å²) < 4.78 is 0. The molecule has 1 saturated heterocycles. The van der Waals surface area contributed by atoms with E-state index >= 15 is 0 Å². The first-order valence-corrected chi connectivity index (χ1v) is 6.85. The van der Waals surface area contributed by atoms with Crippen LogP contribution in [0.5, 0.6) is 0 Å². The summed E-state index contributed by atoms with van der Waals surface area (Å²) in [5, 5.41) is 3.02. The molecular weight excluding hydrogens is 266 g/mol. The maximum absolute atomic E-state index is 12.2. The first kappa shape index (κ1) is 16.2. The lowest BCUT2D eigenvalue weighted by Crippen LogP contribution is -2.59. The Morgan fingerprint density at radius 2 is 2.00 bits per heavy atom. The minimum absolute atomic E-state index is 0. The Morgan fingerprint density at radius 3 is 2.58 bits per heavy atom. The highest BCUT2D eigenvalue weighted by Crippen LogP contribution is 2.26. The lowest BCUT2D eigenvalue weighted by atomic mass is 9.81. The van der Waals surface area contributed by atoms with Gasteiger partial charge >= 0.3 is 0 Å². The molecule has 2 fully saturated rings. The van der Waals surface area contributed by atoms with Crippen molar-refractivity contribution < 1.29 is 9.59 Å². The van der Waals surface area contributed by atoms with Crippen LogP contribution in [-0.4, -0.2) is 41.9 Å². The van der Waals surface area contributed by atoms with E-state index in [9.17, 15) is 9.59 Å². The number of nitrogens with one attached hydrogen (secondary N) is 1. The van der Waals surface area contributed by atoms with Gasteiger partial charge in [-0.25, -0.2) is 0 Å². The van der Waals surface area contributed by atoms with E-state index in [-0.39, 0.29) is 30.3 Å². The third-order valence-electron chi connectivity index (χ3n) is 4.16. The molecule has 5 nitrogen and oxygen atoms in total. The molecule has 2 rings (SSSR count). The molecule has 1 aliphatic heterocycles. The molecule has 0 radical (unpaired) electrons. The quantitative estimate of drug-likeness (QED) is 0.790. The largest absolute Gasteiger partial charge is 0.350 e. The smallest absolute Gasteiger partial charge is 0.240 e. The Kier molecular flexibility index (Phi) is 5.62. The van der Waals surface area contributed by atoms with E-state index in [0.717, 1.165) is 32.1 Å². The second-order valence-electron chi connectivity index (χ2n) is 5.70. The molecule has 0 spiro atoms. The molecule has 6 heteroatoms. The summed E-state index contributed by atoms with van der Waals surface area (Å²) in [5.74, 6) is 0.121. The summed E-state index contributed by atoms with van der Waals surface area (Å²) in [4.78, 5) is 25.3. The van der Waals surface area contributed by atoms with Crippen LogP contribution >= 0.6 is 12.4 Å². The Labute approximate surface area is 120 Å². The first-order valence-electron chi connectivity index (χ1n) is 6.85. The predicted octanol–water partition coefficient (Wildman–Crippen LogP) is 0.807. The van der Waals surface area contributed by atoms with E-state index in [2.05, 4.69) is 5.32 Å². The Morgan fingerprint density at radius 1 is 1.37 bits per heavy atom. The second kappa shape index (κ2) is 6.57. The molecule has 0 aromatic heterocycles. The highest BCUT2D eigenvalue weighted by atomic mass is 35.5. The lowest BCUT2D eigenvalue weighted by molar-refractivity contribution is -0.135. The number of nitrogens with two attached hydrogens (primary N) is 1. The van der Waals surface area contributed by atoms with E-state index in [1.807, 2.05) is 0 Å². The van der Waals surface area contributed by atoms with Gasteiger partial charge in [-0.15, -0.1) is 12.4 Å². The van der Waals surface area contributed by atoms with Gasteiger partial charge in [-0.3, -0.25) is 9.59 Å². The SMILES string of the molecule is CN1CC(NC(=O)C2(N)CCCCC2)CCC1=O.Cl. The molecule has 1 aliphatic carbocycles. The van der Waals surface area contributed by atoms with Crippen LogP contribution in [0.25, 0.3) is 0 Å². The summed E-state index contributed by atoms with van der Waals surface area (Å²) in [6.45, 7) is 0.598. The Bertz CT molecular complexity index is 343. The third kappa shape index (κ3) is 3.83. The number of halogens is 1. The van der Waals surface area contributed by atoms with E-state index in [4.69, 9.17) is 5.73 Å². The number of likely N-dealkylation sites (tertiary alicyclic amines) is 1. The van der Waals surface area contributed by atoms with Crippen molar-refractivity contribution in [3.8, 4) is 0 Å². The van der Waals surface area contributed by atoms with Crippen molar-refractivity contribution in [1.29, 1.82) is 0 Å². The van der Waals surface area contributed by atoms with Gasteiger partial charge in [0.2, 0.25) is 11.8 Å². The molecule has 2 amide bonds. The standard InChI is InChI=1S/C13H23N3O2.ClH/c1-16-9-10(5-6-11(16)17)15-12(18)13(14)7-3-2-4-8-13;/h10H,2-9,14H2,1H3,(H,15,18);1H. The van der Waals surface area contributed by atoms with Gasteiger partial charge in [-0.05, 0) is 19.3 Å². The molecule has 3 N–H and O–H groups in total. The first-order chi connectivity index (χ1) is 8.51. The Balaban J connectivity index is 0.00000180. The van der Waals surface area contributed by atoms with Gasteiger partial charge in [-0.2, -0.15) is 0 Å². The molecular formula is C13H24ClN3O2. The van der Waals surface area contributed by atoms with Crippen molar-refractivity contribution >= 4 is 24.2 Å². The molecule has 1 heterocycles. The number of nitrogens with zero attached hydrogens (tertiary/aromatic N) is 1. The van der Waals surface area contributed by atoms with Gasteiger partial charge in [0.1, 0.15) is 0 Å². The van der Waals surface area contributed by atoms with Crippen LogP contribution in [0.3, 0.4) is 0 Å². The molecule has 1 saturated carbocycles. The fourth-order valence-electron chi connectivity index (χ4n) is 2.87. The van der Waals surface area contributed by atoms with Crippen molar-refractivity contribution in [1.82, 2.24) is 10.2 Å². The summed E-state index contributed by atoms with van der Waals surface area (Å²) in [5.41, 5.74) is 5.51. The number of rotatable bonds is 2. The number of hydrogen-bond donors (Lipinski definition) is 2. The van der Waals surface area contributed by atoms with Crippen LogP contribution in [0, 0.1) is 0 Å². The monoisotopic (exact) mass is 289 g/mol. The van der Waals surface area contributed by atoms with Crippen LogP contribution in [-0.2, 0) is 9.59 Å². The topological polar surface area (TPSA) is 75.4 Å². The number of carbonyl (C=O) groups excluding carboxylic acids is 2. The number of amides is 2. The fraction of sp³-hybridized carbons (Fsp3) is 0.846. The van der Waals surface area contributed by atoms with Crippen LogP contribution in [0.1, 0.15) is 44.9 Å². The molecule has 1 atom stereocenters. The van der Waals surface area contributed by atoms with E-state index < -0.39 is 5.54 Å². The molecule has 0 bridgehead atoms. The third-order valence-corrected chi connectivity index (χ3v) is 4.16. The van der Waals surface area contributed by atoms with Gasteiger partial charge in [0.25, 0.3) is 0 Å². The van der Waals surface area contributed by atoms with Crippen LogP contribution in [0.15, 0.2) is 0 Å². The maximum Gasteiger partial charge on any atom is 0.240 e. The van der Waals surface area contributed by atoms with E-state index in [1.54, 1.807) is 11.9 Å². The molecule has 0 aromatic carbocycles. The summed E-state index contributed by atoms with van der Waals surface area (Å²) in [6.07, 6.45) is 6.04. The molecule has 110 valence electrons. The van der Waals surface area contributed by atoms with Crippen LogP contribution < -0.4 is 11.1 Å². The maximum atomic E-state index is 12.2. The molecule has 19 heavy (non-hydrogen) atoms. The summed E-state index contributed by atoms with van der Waals surface area (Å²) in [6, 6.07) is 0.0579. The number of carbonyl (C=O) groups is 2. The normalized spacial score (nSPS) is 26.5. The predicted molar refractivity (Wildman–Crippen MR) is 76.1 cm³/mol. The van der Waals surface area contributed by atoms with Crippen molar-refractivity contribution in [2.24, 2.45) is 5.73 Å². The average Bonchev–Trinajstić information content (AvgIpc) is 2.35. The van der Waals surface area contributed by atoms with Gasteiger partial charge < -0.3 is 16.0 Å². The van der Waals surface area contributed by atoms with Gasteiger partial charge in [0.15, 0.2) is 0 Å². The van der Waals surface area contributed by atoms with Crippen LogP contribution in [0.4, 0.5) is 0 Å². The number of hydrogen-bond acceptors (Lipinski definition) is 3. The molecule has 0 aromatic rings. The molecule has 2 aliphatic rings. The lowest BCUT2D eigenvalue weighted by Gasteiger charge is -2.36. The van der Waals surface area contributed by atoms with Crippen molar-refractivity contribution in [3.05, 3.63) is 0 Å². The average molecular weight is 290 g/mol. The zero-order valence-electron chi connectivity index (χ0n) is 11.5. The number of piperidine rings is 1. The van der Waals surface area contributed by atoms with E-state index in [1.165, 1.54) is 6.42 Å². The van der Waals surface area contributed by atoms with Gasteiger partial charge in [0.05, 0.1) is 5.54 Å². The Hall–Kier alpha value is -0.810. The summed E-state index contributed by atoms with van der Waals surface area (Å²) in [7, 11) is 1.78. The minimum atomic E-state index is -0.682. The zero-order chi connectivity index (χ0) is 13.2. The summed E-state index contributed by atoms with van der Waals surface area (Å²) >= 11 is 0. The van der Waals surface area contributed by atoms with Gasteiger partial charge in [-0.1, -0.05) is 19.3 Å². The zero-order valence-corrected chi connectivity index (χ0v) is 12.3. The number of likely N-dealkylation sites (N-methyl/N-ethyl adjacent to an activating group) is 1. The highest BCUT2D eigenvalue weighted by molar-refractivity contribution is 5.86. The minimum Gasteiger partial charge on any atom is -0.350 e.